The van der Waals surface area contributed by atoms with Gasteiger partial charge in [0.2, 0.25) is 15.9 Å². The lowest BCUT2D eigenvalue weighted by atomic mass is 10.0. The van der Waals surface area contributed by atoms with Crippen molar-refractivity contribution in [2.75, 3.05) is 31.5 Å². The third-order valence-electron chi connectivity index (χ3n) is 6.26. The number of unbranched alkanes of at least 4 members (excludes halogenated alkanes) is 1. The number of nitrogens with one attached hydrogen (secondary N) is 3. The Morgan fingerprint density at radius 3 is 2.35 bits per heavy atom. The molecule has 3 amide bonds. The van der Waals surface area contributed by atoms with E-state index in [0.717, 1.165) is 36.4 Å². The quantitative estimate of drug-likeness (QED) is 0.391. The van der Waals surface area contributed by atoms with E-state index in [4.69, 9.17) is 0 Å². The molecule has 0 radical (unpaired) electrons. The summed E-state index contributed by atoms with van der Waals surface area (Å²) in [6.07, 6.45) is 2.31. The summed E-state index contributed by atoms with van der Waals surface area (Å²) in [5.41, 5.74) is 6.17. The number of fused-ring (bicyclic) bond motifs is 1. The Kier molecular flexibility index (Phi) is 9.82. The van der Waals surface area contributed by atoms with Crippen LogP contribution in [-0.2, 0) is 27.8 Å². The number of sulfonamides is 1. The number of rotatable bonds is 10. The van der Waals surface area contributed by atoms with Gasteiger partial charge in [0.15, 0.2) is 0 Å². The molecule has 1 aromatic heterocycles. The van der Waals surface area contributed by atoms with E-state index in [2.05, 4.69) is 28.0 Å². The fourth-order valence-electron chi connectivity index (χ4n) is 4.15. The number of hydrazine groups is 1. The van der Waals surface area contributed by atoms with E-state index in [-0.39, 0.29) is 10.5 Å². The van der Waals surface area contributed by atoms with Crippen LogP contribution in [0, 0.1) is 0 Å². The van der Waals surface area contributed by atoms with Crippen LogP contribution >= 0.6 is 11.3 Å². The number of carbonyl (C=O) groups is 3. The Bertz CT molecular complexity index is 1240. The number of benzene rings is 1. The van der Waals surface area contributed by atoms with Crippen molar-refractivity contribution in [2.24, 2.45) is 0 Å². The largest absolute Gasteiger partial charge is 0.313 e. The molecule has 202 valence electrons. The monoisotopic (exact) mass is 549 g/mol. The predicted octanol–water partition coefficient (Wildman–Crippen LogP) is 2.97. The van der Waals surface area contributed by atoms with E-state index < -0.39 is 27.7 Å². The number of hydrogen-bond donors (Lipinski definition) is 3. The summed E-state index contributed by atoms with van der Waals surface area (Å²) < 4.78 is 27.4. The molecule has 1 aliphatic rings. The molecule has 37 heavy (non-hydrogen) atoms. The van der Waals surface area contributed by atoms with E-state index in [1.54, 1.807) is 6.92 Å². The van der Waals surface area contributed by atoms with Gasteiger partial charge in [-0.2, -0.15) is 4.31 Å². The molecule has 0 spiro atoms. The third kappa shape index (κ3) is 6.75. The molecule has 12 heteroatoms. The van der Waals surface area contributed by atoms with Crippen molar-refractivity contribution in [3.63, 3.8) is 0 Å². The van der Waals surface area contributed by atoms with Gasteiger partial charge in [-0.1, -0.05) is 27.2 Å². The number of hydrogen-bond acceptors (Lipinski definition) is 7. The van der Waals surface area contributed by atoms with Crippen LogP contribution in [-0.4, -0.2) is 61.5 Å². The molecule has 1 aliphatic heterocycles. The molecule has 0 saturated heterocycles. The van der Waals surface area contributed by atoms with Crippen LogP contribution in [0.2, 0.25) is 0 Å². The number of thiophene rings is 1. The molecule has 0 saturated carbocycles. The molecule has 2 heterocycles. The Labute approximate surface area is 222 Å². The summed E-state index contributed by atoms with van der Waals surface area (Å²) in [6, 6.07) is 5.81. The van der Waals surface area contributed by atoms with Gasteiger partial charge >= 0.3 is 0 Å². The standard InChI is InChI=1S/C25H35N5O5S2/c1-5-8-14-30(7-3)37(34,35)19-11-9-18(10-12-19)23(32)26-25-22(24(33)28-27-17(4)31)20-13-15-29(6-2)16-21(20)36-25/h9-12H,5-8,13-16H2,1-4H3,(H,26,32)(H,27,31)(H,28,33). The SMILES string of the molecule is CCCCN(CC)S(=O)(=O)c1ccc(C(=O)Nc2sc3c(c2C(=O)NNC(C)=O)CCN(CC)C3)cc1. The maximum atomic E-state index is 13.1. The number of carbonyl (C=O) groups excluding carboxylic acids is 3. The smallest absolute Gasteiger partial charge is 0.272 e. The average molecular weight is 550 g/mol. The molecule has 0 unspecified atom stereocenters. The van der Waals surface area contributed by atoms with Crippen molar-refractivity contribution in [1.82, 2.24) is 20.1 Å². The van der Waals surface area contributed by atoms with Crippen molar-refractivity contribution in [3.05, 3.63) is 45.8 Å². The fourth-order valence-corrected chi connectivity index (χ4v) is 6.92. The lowest BCUT2D eigenvalue weighted by molar-refractivity contribution is -0.119. The van der Waals surface area contributed by atoms with Crippen LogP contribution in [0.25, 0.3) is 0 Å². The second-order valence-electron chi connectivity index (χ2n) is 8.79. The van der Waals surface area contributed by atoms with Gasteiger partial charge in [0.25, 0.3) is 11.8 Å². The highest BCUT2D eigenvalue weighted by Gasteiger charge is 2.29. The van der Waals surface area contributed by atoms with Crippen LogP contribution in [0.3, 0.4) is 0 Å². The van der Waals surface area contributed by atoms with Gasteiger partial charge in [0.05, 0.1) is 10.5 Å². The van der Waals surface area contributed by atoms with Crippen LogP contribution in [0.15, 0.2) is 29.2 Å². The first-order chi connectivity index (χ1) is 17.6. The third-order valence-corrected chi connectivity index (χ3v) is 9.38. The summed E-state index contributed by atoms with van der Waals surface area (Å²) in [5.74, 6) is -1.37. The van der Waals surface area contributed by atoms with E-state index >= 15 is 0 Å². The van der Waals surface area contributed by atoms with Crippen molar-refractivity contribution in [2.45, 2.75) is 58.4 Å². The maximum Gasteiger partial charge on any atom is 0.272 e. The molecule has 0 atom stereocenters. The molecule has 3 N–H and O–H groups in total. The first kappa shape index (κ1) is 28.8. The minimum absolute atomic E-state index is 0.128. The van der Waals surface area contributed by atoms with Gasteiger partial charge < -0.3 is 5.32 Å². The molecular formula is C25H35N5O5S2. The highest BCUT2D eigenvalue weighted by atomic mass is 32.2. The maximum absolute atomic E-state index is 13.1. The van der Waals surface area contributed by atoms with Crippen molar-refractivity contribution in [3.8, 4) is 0 Å². The zero-order valence-electron chi connectivity index (χ0n) is 21.7. The molecule has 0 fully saturated rings. The lowest BCUT2D eigenvalue weighted by Crippen LogP contribution is -2.41. The van der Waals surface area contributed by atoms with E-state index in [0.29, 0.717) is 36.6 Å². The van der Waals surface area contributed by atoms with Crippen LogP contribution < -0.4 is 16.2 Å². The second kappa shape index (κ2) is 12.6. The van der Waals surface area contributed by atoms with E-state index in [1.807, 2.05) is 6.92 Å². The zero-order chi connectivity index (χ0) is 27.2. The van der Waals surface area contributed by atoms with Gasteiger partial charge in [-0.15, -0.1) is 11.3 Å². The highest BCUT2D eigenvalue weighted by Crippen LogP contribution is 2.37. The van der Waals surface area contributed by atoms with Crippen LogP contribution in [0.5, 0.6) is 0 Å². The first-order valence-corrected chi connectivity index (χ1v) is 14.7. The molecule has 1 aromatic carbocycles. The molecular weight excluding hydrogens is 514 g/mol. The van der Waals surface area contributed by atoms with Crippen molar-refractivity contribution in [1.29, 1.82) is 0 Å². The fraction of sp³-hybridized carbons (Fsp3) is 0.480. The lowest BCUT2D eigenvalue weighted by Gasteiger charge is -2.25. The van der Waals surface area contributed by atoms with Gasteiger partial charge in [-0.3, -0.25) is 30.1 Å². The van der Waals surface area contributed by atoms with Gasteiger partial charge in [0, 0.05) is 43.5 Å². The zero-order valence-corrected chi connectivity index (χ0v) is 23.4. The van der Waals surface area contributed by atoms with Gasteiger partial charge in [0.1, 0.15) is 5.00 Å². The van der Waals surface area contributed by atoms with E-state index in [9.17, 15) is 22.8 Å². The average Bonchev–Trinajstić information content (AvgIpc) is 3.24. The minimum Gasteiger partial charge on any atom is -0.313 e. The molecule has 10 nitrogen and oxygen atoms in total. The van der Waals surface area contributed by atoms with Gasteiger partial charge in [-0.05, 0) is 49.2 Å². The molecule has 0 aliphatic carbocycles. The van der Waals surface area contributed by atoms with E-state index in [1.165, 1.54) is 46.8 Å². The number of likely N-dealkylation sites (N-methyl/N-ethyl adjacent to an activating group) is 1. The molecule has 3 rings (SSSR count). The predicted molar refractivity (Wildman–Crippen MR) is 144 cm³/mol. The topological polar surface area (TPSA) is 128 Å². The number of amides is 3. The van der Waals surface area contributed by atoms with Crippen molar-refractivity contribution < 1.29 is 22.8 Å². The second-order valence-corrected chi connectivity index (χ2v) is 11.8. The Balaban J connectivity index is 1.84. The summed E-state index contributed by atoms with van der Waals surface area (Å²) in [6.45, 7) is 10.3. The minimum atomic E-state index is -3.65. The summed E-state index contributed by atoms with van der Waals surface area (Å²) in [4.78, 5) is 40.7. The number of anilines is 1. The molecule has 0 bridgehead atoms. The summed E-state index contributed by atoms with van der Waals surface area (Å²) in [7, 11) is -3.65. The van der Waals surface area contributed by atoms with Gasteiger partial charge in [-0.25, -0.2) is 8.42 Å². The summed E-state index contributed by atoms with van der Waals surface area (Å²) >= 11 is 1.34. The van der Waals surface area contributed by atoms with Crippen molar-refractivity contribution >= 4 is 44.1 Å². The summed E-state index contributed by atoms with van der Waals surface area (Å²) in [5, 5.41) is 3.23. The van der Waals surface area contributed by atoms with Crippen LogP contribution in [0.4, 0.5) is 5.00 Å². The normalized spacial score (nSPS) is 13.8. The Morgan fingerprint density at radius 2 is 1.76 bits per heavy atom. The molecule has 2 aromatic rings. The Morgan fingerprint density at radius 1 is 1.05 bits per heavy atom. The first-order valence-electron chi connectivity index (χ1n) is 12.5. The highest BCUT2D eigenvalue weighted by molar-refractivity contribution is 7.89. The Hall–Kier alpha value is -2.80. The number of nitrogens with zero attached hydrogens (tertiary/aromatic N) is 2. The van der Waals surface area contributed by atoms with Crippen LogP contribution in [0.1, 0.15) is 71.7 Å².